The molecule has 0 unspecified atom stereocenters. The van der Waals surface area contributed by atoms with Crippen molar-refractivity contribution in [3.05, 3.63) is 53.3 Å². The zero-order valence-electron chi connectivity index (χ0n) is 11.7. The highest BCUT2D eigenvalue weighted by atomic mass is 35.5. The quantitative estimate of drug-likeness (QED) is 0.893. The molecular weight excluding hydrogens is 293 g/mol. The zero-order valence-corrected chi connectivity index (χ0v) is 12.4. The first-order valence-electron chi connectivity index (χ1n) is 6.27. The van der Waals surface area contributed by atoms with E-state index < -0.39 is 11.8 Å². The third-order valence-electron chi connectivity index (χ3n) is 2.84. The van der Waals surface area contributed by atoms with Crippen LogP contribution in [-0.2, 0) is 0 Å². The predicted molar refractivity (Wildman–Crippen MR) is 84.8 cm³/mol. The second kappa shape index (κ2) is 6.45. The third-order valence-corrected chi connectivity index (χ3v) is 3.16. The monoisotopic (exact) mass is 307 g/mol. The Kier molecular flexibility index (Phi) is 4.65. The van der Waals surface area contributed by atoms with Crippen molar-refractivity contribution in [1.82, 2.24) is 0 Å². The highest BCUT2D eigenvalue weighted by Gasteiger charge is 2.10. The molecule has 0 atom stereocenters. The van der Waals surface area contributed by atoms with E-state index in [1.165, 1.54) is 18.2 Å². The molecule has 0 spiro atoms. The number of nitrogens with zero attached hydrogens (tertiary/aromatic N) is 1. The summed E-state index contributed by atoms with van der Waals surface area (Å²) in [6, 6.07) is 10.9. The molecule has 4 nitrogen and oxygen atoms in total. The number of nitrogens with one attached hydrogen (secondary N) is 2. The Balaban J connectivity index is 2.05. The molecule has 2 aromatic rings. The minimum Gasteiger partial charge on any atom is -0.378 e. The Hall–Kier alpha value is -2.27. The Morgan fingerprint density at radius 3 is 2.33 bits per heavy atom. The largest absolute Gasteiger partial charge is 0.378 e. The van der Waals surface area contributed by atoms with Crippen molar-refractivity contribution >= 4 is 34.7 Å². The molecule has 0 aromatic heterocycles. The Bertz CT molecular complexity index is 624. The average Bonchev–Trinajstić information content (AvgIpc) is 2.43. The van der Waals surface area contributed by atoms with Gasteiger partial charge in [0, 0.05) is 25.5 Å². The number of halogens is 2. The SMILES string of the molecule is CN(C)c1ccc(NC(=O)Nc2c(F)cccc2Cl)cc1. The number of hydrogen-bond acceptors (Lipinski definition) is 2. The van der Waals surface area contributed by atoms with E-state index in [2.05, 4.69) is 10.6 Å². The summed E-state index contributed by atoms with van der Waals surface area (Å²) in [6.45, 7) is 0. The molecule has 21 heavy (non-hydrogen) atoms. The standard InChI is InChI=1S/C15H15ClFN3O/c1-20(2)11-8-6-10(7-9-11)18-15(21)19-14-12(16)4-3-5-13(14)17/h3-9H,1-2H3,(H2,18,19,21). The molecule has 2 aromatic carbocycles. The summed E-state index contributed by atoms with van der Waals surface area (Å²) in [4.78, 5) is 13.8. The molecule has 6 heteroatoms. The highest BCUT2D eigenvalue weighted by Crippen LogP contribution is 2.24. The molecular formula is C15H15ClFN3O. The molecule has 0 saturated heterocycles. The average molecular weight is 308 g/mol. The molecule has 0 bridgehead atoms. The maximum atomic E-state index is 13.6. The highest BCUT2D eigenvalue weighted by molar-refractivity contribution is 6.33. The topological polar surface area (TPSA) is 44.4 Å². The fraction of sp³-hybridized carbons (Fsp3) is 0.133. The summed E-state index contributed by atoms with van der Waals surface area (Å²) in [5.74, 6) is -0.583. The molecule has 2 amide bonds. The van der Waals surface area contributed by atoms with Crippen LogP contribution >= 0.6 is 11.6 Å². The van der Waals surface area contributed by atoms with Crippen molar-refractivity contribution in [1.29, 1.82) is 0 Å². The number of carbonyl (C=O) groups is 1. The molecule has 2 rings (SSSR count). The van der Waals surface area contributed by atoms with E-state index in [4.69, 9.17) is 11.6 Å². The first-order valence-corrected chi connectivity index (χ1v) is 6.64. The molecule has 0 heterocycles. The normalized spacial score (nSPS) is 10.1. The van der Waals surface area contributed by atoms with Gasteiger partial charge in [-0.25, -0.2) is 9.18 Å². The number of hydrogen-bond donors (Lipinski definition) is 2. The van der Waals surface area contributed by atoms with Gasteiger partial charge in [-0.2, -0.15) is 0 Å². The van der Waals surface area contributed by atoms with Crippen LogP contribution in [0.5, 0.6) is 0 Å². The third kappa shape index (κ3) is 3.86. The summed E-state index contributed by atoms with van der Waals surface area (Å²) < 4.78 is 13.6. The predicted octanol–water partition coefficient (Wildman–Crippen LogP) is 4.19. The van der Waals surface area contributed by atoms with Gasteiger partial charge in [-0.1, -0.05) is 17.7 Å². The van der Waals surface area contributed by atoms with E-state index in [-0.39, 0.29) is 10.7 Å². The Morgan fingerprint density at radius 1 is 1.10 bits per heavy atom. The number of para-hydroxylation sites is 1. The summed E-state index contributed by atoms with van der Waals surface area (Å²) in [5.41, 5.74) is 1.57. The maximum absolute atomic E-state index is 13.6. The fourth-order valence-corrected chi connectivity index (χ4v) is 1.95. The molecule has 2 N–H and O–H groups in total. The number of urea groups is 1. The smallest absolute Gasteiger partial charge is 0.323 e. The van der Waals surface area contributed by atoms with Crippen LogP contribution in [-0.4, -0.2) is 20.1 Å². The van der Waals surface area contributed by atoms with E-state index in [9.17, 15) is 9.18 Å². The van der Waals surface area contributed by atoms with Crippen LogP contribution in [0.3, 0.4) is 0 Å². The lowest BCUT2D eigenvalue weighted by Gasteiger charge is -2.13. The van der Waals surface area contributed by atoms with Gasteiger partial charge in [0.1, 0.15) is 5.82 Å². The minimum absolute atomic E-state index is 0.0402. The fourth-order valence-electron chi connectivity index (χ4n) is 1.74. The van der Waals surface area contributed by atoms with Crippen molar-refractivity contribution in [3.63, 3.8) is 0 Å². The number of carbonyl (C=O) groups excluding carboxylic acids is 1. The van der Waals surface area contributed by atoms with Gasteiger partial charge in [-0.3, -0.25) is 0 Å². The van der Waals surface area contributed by atoms with Crippen molar-refractivity contribution < 1.29 is 9.18 Å². The van der Waals surface area contributed by atoms with Gasteiger partial charge in [0.25, 0.3) is 0 Å². The van der Waals surface area contributed by atoms with Crippen LogP contribution in [0.2, 0.25) is 5.02 Å². The second-order valence-electron chi connectivity index (χ2n) is 4.62. The minimum atomic E-state index is -0.583. The number of benzene rings is 2. The van der Waals surface area contributed by atoms with Crippen molar-refractivity contribution in [2.75, 3.05) is 29.6 Å². The number of amides is 2. The summed E-state index contributed by atoms with van der Waals surface area (Å²) in [5, 5.41) is 5.16. The zero-order chi connectivity index (χ0) is 15.4. The summed E-state index contributed by atoms with van der Waals surface area (Å²) >= 11 is 5.84. The lowest BCUT2D eigenvalue weighted by atomic mass is 10.2. The van der Waals surface area contributed by atoms with E-state index in [0.29, 0.717) is 5.69 Å². The Labute approximate surface area is 127 Å². The molecule has 110 valence electrons. The molecule has 0 fully saturated rings. The van der Waals surface area contributed by atoms with Gasteiger partial charge in [0.2, 0.25) is 0 Å². The first-order chi connectivity index (χ1) is 9.97. The molecule has 0 saturated carbocycles. The van der Waals surface area contributed by atoms with E-state index in [1.54, 1.807) is 12.1 Å². The maximum Gasteiger partial charge on any atom is 0.323 e. The Morgan fingerprint density at radius 2 is 1.76 bits per heavy atom. The second-order valence-corrected chi connectivity index (χ2v) is 5.02. The molecule has 0 aliphatic rings. The van der Waals surface area contributed by atoms with Crippen LogP contribution in [0.15, 0.2) is 42.5 Å². The molecule has 0 aliphatic carbocycles. The van der Waals surface area contributed by atoms with E-state index in [1.807, 2.05) is 31.1 Å². The van der Waals surface area contributed by atoms with Crippen LogP contribution < -0.4 is 15.5 Å². The van der Waals surface area contributed by atoms with Crippen LogP contribution in [0.4, 0.5) is 26.2 Å². The van der Waals surface area contributed by atoms with Gasteiger partial charge in [-0.15, -0.1) is 0 Å². The molecule has 0 radical (unpaired) electrons. The van der Waals surface area contributed by atoms with Gasteiger partial charge >= 0.3 is 6.03 Å². The lowest BCUT2D eigenvalue weighted by molar-refractivity contribution is 0.262. The number of anilines is 3. The van der Waals surface area contributed by atoms with Gasteiger partial charge in [0.15, 0.2) is 0 Å². The van der Waals surface area contributed by atoms with Crippen LogP contribution in [0.25, 0.3) is 0 Å². The van der Waals surface area contributed by atoms with Gasteiger partial charge < -0.3 is 15.5 Å². The van der Waals surface area contributed by atoms with Crippen molar-refractivity contribution in [2.45, 2.75) is 0 Å². The first kappa shape index (κ1) is 15.1. The number of rotatable bonds is 3. The lowest BCUT2D eigenvalue weighted by Crippen LogP contribution is -2.20. The summed E-state index contributed by atoms with van der Waals surface area (Å²) in [6.07, 6.45) is 0. The van der Waals surface area contributed by atoms with Crippen molar-refractivity contribution in [2.24, 2.45) is 0 Å². The van der Waals surface area contributed by atoms with Crippen LogP contribution in [0, 0.1) is 5.82 Å². The van der Waals surface area contributed by atoms with E-state index in [0.717, 1.165) is 5.69 Å². The van der Waals surface area contributed by atoms with Crippen molar-refractivity contribution in [3.8, 4) is 0 Å². The van der Waals surface area contributed by atoms with Gasteiger partial charge in [0.05, 0.1) is 10.7 Å². The van der Waals surface area contributed by atoms with E-state index >= 15 is 0 Å². The molecule has 0 aliphatic heterocycles. The van der Waals surface area contributed by atoms with Crippen LogP contribution in [0.1, 0.15) is 0 Å². The van der Waals surface area contributed by atoms with Gasteiger partial charge in [-0.05, 0) is 36.4 Å². The summed E-state index contributed by atoms with van der Waals surface area (Å²) in [7, 11) is 3.85.